The van der Waals surface area contributed by atoms with Crippen molar-refractivity contribution >= 4 is 22.4 Å². The number of amides is 1. The smallest absolute Gasteiger partial charge is 0.238 e. The monoisotopic (exact) mass is 302 g/mol. The minimum atomic E-state index is 0.0353. The number of nitrogens with one attached hydrogen (secondary N) is 1. The maximum atomic E-state index is 12.3. The standard InChI is InChI=1S/C20H18N2O/c23-20(14-22-12-17-7-3-4-8-18(17)13-22)21-19-10-9-15-5-1-2-6-16(15)11-19/h1-11H,12-14H2,(H,21,23). The maximum absolute atomic E-state index is 12.3. The molecule has 0 radical (unpaired) electrons. The third-order valence-corrected chi connectivity index (χ3v) is 4.31. The lowest BCUT2D eigenvalue weighted by Gasteiger charge is -2.14. The Hall–Kier alpha value is -2.65. The molecule has 0 fully saturated rings. The zero-order valence-electron chi connectivity index (χ0n) is 12.8. The van der Waals surface area contributed by atoms with E-state index in [0.717, 1.165) is 24.2 Å². The van der Waals surface area contributed by atoms with Gasteiger partial charge in [0, 0.05) is 18.8 Å². The fourth-order valence-corrected chi connectivity index (χ4v) is 3.19. The molecule has 0 bridgehead atoms. The number of hydrogen-bond donors (Lipinski definition) is 1. The lowest BCUT2D eigenvalue weighted by molar-refractivity contribution is -0.117. The van der Waals surface area contributed by atoms with Crippen LogP contribution < -0.4 is 5.32 Å². The van der Waals surface area contributed by atoms with Gasteiger partial charge in [0.25, 0.3) is 0 Å². The molecule has 0 aromatic heterocycles. The summed E-state index contributed by atoms with van der Waals surface area (Å²) in [5, 5.41) is 5.33. The van der Waals surface area contributed by atoms with E-state index in [1.54, 1.807) is 0 Å². The highest BCUT2D eigenvalue weighted by atomic mass is 16.2. The van der Waals surface area contributed by atoms with Gasteiger partial charge in [-0.05, 0) is 34.0 Å². The largest absolute Gasteiger partial charge is 0.325 e. The fourth-order valence-electron chi connectivity index (χ4n) is 3.19. The molecule has 23 heavy (non-hydrogen) atoms. The summed E-state index contributed by atoms with van der Waals surface area (Å²) >= 11 is 0. The van der Waals surface area contributed by atoms with Gasteiger partial charge >= 0.3 is 0 Å². The van der Waals surface area contributed by atoms with Crippen molar-refractivity contribution < 1.29 is 4.79 Å². The Kier molecular flexibility index (Phi) is 3.56. The zero-order chi connectivity index (χ0) is 15.6. The van der Waals surface area contributed by atoms with E-state index in [2.05, 4.69) is 46.6 Å². The van der Waals surface area contributed by atoms with Gasteiger partial charge in [0.1, 0.15) is 0 Å². The van der Waals surface area contributed by atoms with Gasteiger partial charge in [-0.15, -0.1) is 0 Å². The minimum absolute atomic E-state index is 0.0353. The van der Waals surface area contributed by atoms with Crippen molar-refractivity contribution in [1.82, 2.24) is 4.90 Å². The van der Waals surface area contributed by atoms with Crippen LogP contribution in [0.3, 0.4) is 0 Å². The molecule has 0 spiro atoms. The fraction of sp³-hybridized carbons (Fsp3) is 0.150. The number of anilines is 1. The molecule has 0 atom stereocenters. The summed E-state index contributed by atoms with van der Waals surface area (Å²) in [5.74, 6) is 0.0353. The first-order valence-electron chi connectivity index (χ1n) is 7.86. The van der Waals surface area contributed by atoms with Crippen LogP contribution in [0.4, 0.5) is 5.69 Å². The maximum Gasteiger partial charge on any atom is 0.238 e. The van der Waals surface area contributed by atoms with Gasteiger partial charge in [0.15, 0.2) is 0 Å². The Morgan fingerprint density at radius 1 is 0.870 bits per heavy atom. The highest BCUT2D eigenvalue weighted by molar-refractivity contribution is 5.95. The van der Waals surface area contributed by atoms with E-state index in [1.807, 2.05) is 30.3 Å². The van der Waals surface area contributed by atoms with Gasteiger partial charge in [-0.3, -0.25) is 9.69 Å². The SMILES string of the molecule is O=C(CN1Cc2ccccc2C1)Nc1ccc2ccccc2c1. The lowest BCUT2D eigenvalue weighted by atomic mass is 10.1. The summed E-state index contributed by atoms with van der Waals surface area (Å²) in [4.78, 5) is 14.5. The van der Waals surface area contributed by atoms with E-state index in [1.165, 1.54) is 16.5 Å². The number of rotatable bonds is 3. The van der Waals surface area contributed by atoms with Crippen LogP contribution in [0.5, 0.6) is 0 Å². The summed E-state index contributed by atoms with van der Waals surface area (Å²) < 4.78 is 0. The predicted octanol–water partition coefficient (Wildman–Crippen LogP) is 3.79. The Morgan fingerprint density at radius 3 is 2.26 bits per heavy atom. The van der Waals surface area contributed by atoms with E-state index in [4.69, 9.17) is 0 Å². The summed E-state index contributed by atoms with van der Waals surface area (Å²) in [5.41, 5.74) is 3.50. The van der Waals surface area contributed by atoms with Crippen LogP contribution in [-0.2, 0) is 17.9 Å². The van der Waals surface area contributed by atoms with Crippen LogP contribution in [0, 0.1) is 0 Å². The molecule has 1 heterocycles. The highest BCUT2D eigenvalue weighted by Gasteiger charge is 2.20. The van der Waals surface area contributed by atoms with Crippen molar-refractivity contribution in [2.45, 2.75) is 13.1 Å². The topological polar surface area (TPSA) is 32.3 Å². The number of carbonyl (C=O) groups is 1. The van der Waals surface area contributed by atoms with Gasteiger partial charge < -0.3 is 5.32 Å². The number of fused-ring (bicyclic) bond motifs is 2. The van der Waals surface area contributed by atoms with Gasteiger partial charge in [-0.2, -0.15) is 0 Å². The summed E-state index contributed by atoms with van der Waals surface area (Å²) in [6.07, 6.45) is 0. The van der Waals surface area contributed by atoms with E-state index in [-0.39, 0.29) is 5.91 Å². The van der Waals surface area contributed by atoms with E-state index in [0.29, 0.717) is 6.54 Å². The van der Waals surface area contributed by atoms with Crippen molar-refractivity contribution in [2.24, 2.45) is 0 Å². The lowest BCUT2D eigenvalue weighted by Crippen LogP contribution is -2.29. The van der Waals surface area contributed by atoms with Crippen LogP contribution in [0.1, 0.15) is 11.1 Å². The Morgan fingerprint density at radius 2 is 1.52 bits per heavy atom. The second-order valence-electron chi connectivity index (χ2n) is 6.02. The number of carbonyl (C=O) groups excluding carboxylic acids is 1. The molecule has 1 N–H and O–H groups in total. The summed E-state index contributed by atoms with van der Waals surface area (Å²) in [7, 11) is 0. The van der Waals surface area contributed by atoms with Crippen molar-refractivity contribution in [1.29, 1.82) is 0 Å². The van der Waals surface area contributed by atoms with E-state index < -0.39 is 0 Å². The Labute approximate surface area is 135 Å². The molecule has 114 valence electrons. The molecule has 1 aliphatic rings. The van der Waals surface area contributed by atoms with Crippen molar-refractivity contribution in [3.63, 3.8) is 0 Å². The van der Waals surface area contributed by atoms with E-state index >= 15 is 0 Å². The van der Waals surface area contributed by atoms with Crippen molar-refractivity contribution in [3.05, 3.63) is 77.9 Å². The Balaban J connectivity index is 1.42. The molecule has 1 amide bonds. The van der Waals surface area contributed by atoms with Gasteiger partial charge in [-0.25, -0.2) is 0 Å². The molecule has 3 aromatic carbocycles. The molecule has 0 saturated heterocycles. The molecule has 0 aliphatic carbocycles. The normalized spacial score (nSPS) is 13.9. The molecule has 3 aromatic rings. The molecule has 0 unspecified atom stereocenters. The van der Waals surface area contributed by atoms with Crippen molar-refractivity contribution in [3.8, 4) is 0 Å². The van der Waals surface area contributed by atoms with Crippen molar-refractivity contribution in [2.75, 3.05) is 11.9 Å². The van der Waals surface area contributed by atoms with Gasteiger partial charge in [0.2, 0.25) is 5.91 Å². The van der Waals surface area contributed by atoms with E-state index in [9.17, 15) is 4.79 Å². The molecule has 1 aliphatic heterocycles. The minimum Gasteiger partial charge on any atom is -0.325 e. The third kappa shape index (κ3) is 2.96. The first kappa shape index (κ1) is 14.0. The summed E-state index contributed by atoms with van der Waals surface area (Å²) in [6.45, 7) is 2.12. The number of hydrogen-bond acceptors (Lipinski definition) is 2. The second-order valence-corrected chi connectivity index (χ2v) is 6.02. The van der Waals surface area contributed by atoms with Crippen LogP contribution in [0.2, 0.25) is 0 Å². The first-order chi connectivity index (χ1) is 11.3. The van der Waals surface area contributed by atoms with Crippen LogP contribution in [0.15, 0.2) is 66.7 Å². The van der Waals surface area contributed by atoms with Crippen LogP contribution in [0.25, 0.3) is 10.8 Å². The summed E-state index contributed by atoms with van der Waals surface area (Å²) in [6, 6.07) is 22.6. The average Bonchev–Trinajstić information content (AvgIpc) is 2.96. The van der Waals surface area contributed by atoms with Gasteiger partial charge in [0.05, 0.1) is 6.54 Å². The average molecular weight is 302 g/mol. The third-order valence-electron chi connectivity index (χ3n) is 4.31. The molecule has 0 saturated carbocycles. The molecule has 3 heteroatoms. The second kappa shape index (κ2) is 5.86. The highest BCUT2D eigenvalue weighted by Crippen LogP contribution is 2.22. The first-order valence-corrected chi connectivity index (χ1v) is 7.86. The van der Waals surface area contributed by atoms with Crippen LogP contribution >= 0.6 is 0 Å². The predicted molar refractivity (Wildman–Crippen MR) is 93.1 cm³/mol. The Bertz CT molecular complexity index is 847. The molecular formula is C20H18N2O. The number of benzene rings is 3. The van der Waals surface area contributed by atoms with Crippen LogP contribution in [-0.4, -0.2) is 17.4 Å². The quantitative estimate of drug-likeness (QED) is 0.798. The van der Waals surface area contributed by atoms with Gasteiger partial charge in [-0.1, -0.05) is 54.6 Å². The number of nitrogens with zero attached hydrogens (tertiary/aromatic N) is 1. The molecule has 3 nitrogen and oxygen atoms in total. The molecular weight excluding hydrogens is 284 g/mol. The zero-order valence-corrected chi connectivity index (χ0v) is 12.8. The molecule has 4 rings (SSSR count).